The molecular formula is C17H26N4O. The zero-order chi connectivity index (χ0) is 15.2. The number of hydrogen-bond acceptors (Lipinski definition) is 3. The Morgan fingerprint density at radius 1 is 1.36 bits per heavy atom. The molecule has 0 aromatic carbocycles. The lowest BCUT2D eigenvalue weighted by Gasteiger charge is -2.41. The fourth-order valence-electron chi connectivity index (χ4n) is 4.36. The molecule has 22 heavy (non-hydrogen) atoms. The van der Waals surface area contributed by atoms with Crippen LogP contribution in [0, 0.1) is 11.3 Å². The molecule has 0 radical (unpaired) electrons. The van der Waals surface area contributed by atoms with Crippen LogP contribution in [0.25, 0.3) is 0 Å². The first-order valence-electron chi connectivity index (χ1n) is 8.92. The second kappa shape index (κ2) is 5.36. The van der Waals surface area contributed by atoms with Gasteiger partial charge < -0.3 is 4.90 Å². The monoisotopic (exact) mass is 302 g/mol. The minimum Gasteiger partial charge on any atom is -0.341 e. The van der Waals surface area contributed by atoms with Gasteiger partial charge in [0, 0.05) is 31.3 Å². The lowest BCUT2D eigenvalue weighted by Crippen LogP contribution is -2.40. The summed E-state index contributed by atoms with van der Waals surface area (Å²) in [4.78, 5) is 19.5. The van der Waals surface area contributed by atoms with E-state index in [1.807, 2.05) is 0 Å². The van der Waals surface area contributed by atoms with Crippen molar-refractivity contribution in [3.05, 3.63) is 11.6 Å². The largest absolute Gasteiger partial charge is 0.341 e. The summed E-state index contributed by atoms with van der Waals surface area (Å²) in [7, 11) is 0. The van der Waals surface area contributed by atoms with Gasteiger partial charge in [-0.25, -0.2) is 4.98 Å². The van der Waals surface area contributed by atoms with Crippen LogP contribution in [0.15, 0.2) is 0 Å². The molecule has 1 atom stereocenters. The number of rotatable bonds is 4. The van der Waals surface area contributed by atoms with Gasteiger partial charge in [0.2, 0.25) is 5.91 Å². The van der Waals surface area contributed by atoms with E-state index in [1.54, 1.807) is 0 Å². The van der Waals surface area contributed by atoms with Crippen molar-refractivity contribution in [3.63, 3.8) is 0 Å². The fraction of sp³-hybridized carbons (Fsp3) is 0.824. The molecule has 1 aliphatic heterocycles. The van der Waals surface area contributed by atoms with Crippen molar-refractivity contribution in [2.45, 2.75) is 64.2 Å². The maximum absolute atomic E-state index is 12.6. The maximum Gasteiger partial charge on any atom is 0.225 e. The average molecular weight is 302 g/mol. The second-order valence-electron chi connectivity index (χ2n) is 7.51. The van der Waals surface area contributed by atoms with Gasteiger partial charge in [-0.15, -0.1) is 0 Å². The minimum absolute atomic E-state index is 0.269. The van der Waals surface area contributed by atoms with Crippen LogP contribution in [0.1, 0.15) is 69.4 Å². The van der Waals surface area contributed by atoms with Crippen LogP contribution in [0.5, 0.6) is 0 Å². The smallest absolute Gasteiger partial charge is 0.225 e. The highest BCUT2D eigenvalue weighted by atomic mass is 16.2. The van der Waals surface area contributed by atoms with Gasteiger partial charge in [-0.3, -0.25) is 9.89 Å². The maximum atomic E-state index is 12.6. The van der Waals surface area contributed by atoms with Crippen LogP contribution in [0.2, 0.25) is 0 Å². The highest BCUT2D eigenvalue weighted by Gasteiger charge is 2.54. The predicted molar refractivity (Wildman–Crippen MR) is 83.3 cm³/mol. The molecule has 1 saturated heterocycles. The highest BCUT2D eigenvalue weighted by Crippen LogP contribution is 2.55. The second-order valence-corrected chi connectivity index (χ2v) is 7.51. The van der Waals surface area contributed by atoms with Crippen molar-refractivity contribution < 1.29 is 4.79 Å². The van der Waals surface area contributed by atoms with E-state index in [1.165, 1.54) is 25.7 Å². The van der Waals surface area contributed by atoms with E-state index in [0.717, 1.165) is 50.4 Å². The Bertz CT molecular complexity index is 559. The summed E-state index contributed by atoms with van der Waals surface area (Å²) in [5.74, 6) is 2.98. The van der Waals surface area contributed by atoms with E-state index < -0.39 is 0 Å². The Morgan fingerprint density at radius 2 is 2.18 bits per heavy atom. The number of carbonyl (C=O) groups excluding carboxylic acids is 1. The fourth-order valence-corrected chi connectivity index (χ4v) is 4.36. The number of hydrogen-bond donors (Lipinski definition) is 1. The molecule has 0 bridgehead atoms. The third-order valence-electron chi connectivity index (χ3n) is 6.11. The number of likely N-dealkylation sites (tertiary alicyclic amines) is 1. The molecule has 4 rings (SSSR count). The number of aryl methyl sites for hydroxylation is 1. The Balaban J connectivity index is 1.53. The summed E-state index contributed by atoms with van der Waals surface area (Å²) in [6.45, 7) is 3.92. The highest BCUT2D eigenvalue weighted by molar-refractivity contribution is 5.80. The molecule has 2 aliphatic carbocycles. The molecule has 1 aromatic rings. The van der Waals surface area contributed by atoms with Crippen molar-refractivity contribution in [1.29, 1.82) is 0 Å². The third-order valence-corrected chi connectivity index (χ3v) is 6.11. The van der Waals surface area contributed by atoms with Crippen molar-refractivity contribution >= 4 is 5.91 Å². The van der Waals surface area contributed by atoms with E-state index in [9.17, 15) is 4.79 Å². The number of aromatic nitrogens is 3. The lowest BCUT2D eigenvalue weighted by molar-refractivity contribution is -0.137. The standard InChI is InChI=1S/C17H26N4O/c1-2-5-14-18-15(20-19-14)13-10-21(11-17(13)8-4-9-17)16(22)12-6-3-7-12/h12-13H,2-11H2,1H3,(H,18,19,20). The summed E-state index contributed by atoms with van der Waals surface area (Å²) < 4.78 is 0. The lowest BCUT2D eigenvalue weighted by atomic mass is 9.62. The van der Waals surface area contributed by atoms with E-state index >= 15 is 0 Å². The summed E-state index contributed by atoms with van der Waals surface area (Å²) in [5, 5.41) is 7.59. The summed E-state index contributed by atoms with van der Waals surface area (Å²) in [6, 6.07) is 0. The van der Waals surface area contributed by atoms with Crippen LogP contribution in [0.4, 0.5) is 0 Å². The van der Waals surface area contributed by atoms with Gasteiger partial charge in [0.15, 0.2) is 5.82 Å². The van der Waals surface area contributed by atoms with Crippen molar-refractivity contribution in [3.8, 4) is 0 Å². The number of amides is 1. The normalized spacial score (nSPS) is 27.0. The summed E-state index contributed by atoms with van der Waals surface area (Å²) >= 11 is 0. The molecule has 5 nitrogen and oxygen atoms in total. The average Bonchev–Trinajstić information content (AvgIpc) is 2.99. The predicted octanol–water partition coefficient (Wildman–Crippen LogP) is 2.65. The van der Waals surface area contributed by atoms with Gasteiger partial charge >= 0.3 is 0 Å². The van der Waals surface area contributed by atoms with Crippen LogP contribution >= 0.6 is 0 Å². The number of nitrogens with zero attached hydrogens (tertiary/aromatic N) is 3. The van der Waals surface area contributed by atoms with E-state index in [2.05, 4.69) is 22.0 Å². The number of H-pyrrole nitrogens is 1. The minimum atomic E-state index is 0.269. The van der Waals surface area contributed by atoms with E-state index in [-0.39, 0.29) is 5.41 Å². The summed E-state index contributed by atoms with van der Waals surface area (Å²) in [5.41, 5.74) is 0.269. The molecule has 1 spiro atoms. The number of aromatic amines is 1. The van der Waals surface area contributed by atoms with Crippen molar-refractivity contribution in [1.82, 2.24) is 20.1 Å². The molecule has 1 N–H and O–H groups in total. The van der Waals surface area contributed by atoms with Crippen LogP contribution in [0.3, 0.4) is 0 Å². The summed E-state index contributed by atoms with van der Waals surface area (Å²) in [6.07, 6.45) is 9.18. The topological polar surface area (TPSA) is 61.9 Å². The first-order valence-corrected chi connectivity index (χ1v) is 8.92. The zero-order valence-electron chi connectivity index (χ0n) is 13.5. The Morgan fingerprint density at radius 3 is 2.77 bits per heavy atom. The van der Waals surface area contributed by atoms with Gasteiger partial charge in [0.05, 0.1) is 0 Å². The van der Waals surface area contributed by atoms with Crippen molar-refractivity contribution in [2.24, 2.45) is 11.3 Å². The van der Waals surface area contributed by atoms with Gasteiger partial charge in [-0.2, -0.15) is 5.10 Å². The molecule has 1 amide bonds. The van der Waals surface area contributed by atoms with Gasteiger partial charge in [0.1, 0.15) is 5.82 Å². The van der Waals surface area contributed by atoms with E-state index in [4.69, 9.17) is 4.98 Å². The number of nitrogens with one attached hydrogen (secondary N) is 1. The molecule has 2 heterocycles. The Hall–Kier alpha value is -1.39. The Kier molecular flexibility index (Phi) is 3.46. The van der Waals surface area contributed by atoms with Gasteiger partial charge in [-0.1, -0.05) is 19.8 Å². The van der Waals surface area contributed by atoms with Crippen LogP contribution in [-0.4, -0.2) is 39.1 Å². The molecule has 3 aliphatic rings. The Labute approximate surface area is 131 Å². The first kappa shape index (κ1) is 14.2. The molecule has 1 aromatic heterocycles. The molecule has 5 heteroatoms. The van der Waals surface area contributed by atoms with Crippen molar-refractivity contribution in [2.75, 3.05) is 13.1 Å². The molecule has 3 fully saturated rings. The van der Waals surface area contributed by atoms with Crippen LogP contribution in [-0.2, 0) is 11.2 Å². The number of carbonyl (C=O) groups is 1. The molecular weight excluding hydrogens is 276 g/mol. The molecule has 1 unspecified atom stereocenters. The zero-order valence-corrected chi connectivity index (χ0v) is 13.5. The van der Waals surface area contributed by atoms with E-state index in [0.29, 0.717) is 17.7 Å². The SMILES string of the molecule is CCCc1nc(C2CN(C(=O)C3CCC3)CC23CCC3)n[nH]1. The quantitative estimate of drug-likeness (QED) is 0.930. The molecule has 2 saturated carbocycles. The third kappa shape index (κ3) is 2.17. The van der Waals surface area contributed by atoms with Crippen LogP contribution < -0.4 is 0 Å². The van der Waals surface area contributed by atoms with Gasteiger partial charge in [0.25, 0.3) is 0 Å². The molecule has 120 valence electrons. The first-order chi connectivity index (χ1) is 10.7. The van der Waals surface area contributed by atoms with Gasteiger partial charge in [-0.05, 0) is 37.5 Å².